The maximum Gasteiger partial charge on any atom is 0.0920 e. The van der Waals surface area contributed by atoms with Crippen LogP contribution in [0.2, 0.25) is 0 Å². The van der Waals surface area contributed by atoms with Crippen LogP contribution in [-0.4, -0.2) is 9.52 Å². The van der Waals surface area contributed by atoms with E-state index in [2.05, 4.69) is 136 Å². The quantitative estimate of drug-likeness (QED) is 0.124. The summed E-state index contributed by atoms with van der Waals surface area (Å²) in [6, 6.07) is 45.2. The van der Waals surface area contributed by atoms with Gasteiger partial charge in [0.1, 0.15) is 0 Å². The molecule has 0 spiro atoms. The molecule has 212 valence electrons. The SMILES string of the molecule is CCCCc1cc2c(-c3cc(C)cc(C)c3)c(-c3ccccc3)ccc2[cH-]1.[Cl][Zr+2][Cl].[c-]1cccc2c1[Si]c1ccccc1-2. The van der Waals surface area contributed by atoms with E-state index in [1.807, 2.05) is 6.07 Å². The second-order valence-corrected chi connectivity index (χ2v) is 15.9. The van der Waals surface area contributed by atoms with E-state index >= 15 is 0 Å². The largest absolute Gasteiger partial charge is 0.184 e. The van der Waals surface area contributed by atoms with Crippen LogP contribution in [0.4, 0.5) is 0 Å². The number of fused-ring (bicyclic) bond motifs is 4. The Bertz CT molecular complexity index is 1740. The van der Waals surface area contributed by atoms with E-state index in [0.29, 0.717) is 0 Å². The second-order valence-electron chi connectivity index (χ2n) is 10.9. The van der Waals surface area contributed by atoms with Crippen molar-refractivity contribution in [2.75, 3.05) is 0 Å². The first kappa shape index (κ1) is 31.8. The van der Waals surface area contributed by atoms with Gasteiger partial charge in [-0.25, -0.2) is 0 Å². The molecule has 6 aromatic carbocycles. The summed E-state index contributed by atoms with van der Waals surface area (Å²) in [5, 5.41) is 5.56. The van der Waals surface area contributed by atoms with Crippen LogP contribution >= 0.6 is 17.0 Å². The van der Waals surface area contributed by atoms with Gasteiger partial charge in [-0.2, -0.15) is 35.5 Å². The van der Waals surface area contributed by atoms with Crippen LogP contribution in [0.3, 0.4) is 0 Å². The zero-order valence-corrected chi connectivity index (χ0v) is 29.8. The normalized spacial score (nSPS) is 11.0. The fourth-order valence-corrected chi connectivity index (χ4v) is 7.19. The first-order valence-electron chi connectivity index (χ1n) is 14.7. The molecule has 0 aromatic heterocycles. The number of hydrogen-bond donors (Lipinski definition) is 0. The fraction of sp³-hybridized carbons (Fsp3) is 0.154. The molecule has 0 bridgehead atoms. The van der Waals surface area contributed by atoms with Crippen molar-refractivity contribution >= 4 is 47.7 Å². The van der Waals surface area contributed by atoms with Crippen molar-refractivity contribution in [2.24, 2.45) is 0 Å². The molecule has 0 nitrogen and oxygen atoms in total. The molecule has 4 heteroatoms. The van der Waals surface area contributed by atoms with Gasteiger partial charge in [-0.3, -0.25) is 0 Å². The molecular formula is C39H34Cl2SiZr. The van der Waals surface area contributed by atoms with Gasteiger partial charge in [0.05, 0.1) is 9.52 Å². The number of benzene rings is 5. The predicted octanol–water partition coefficient (Wildman–Crippen LogP) is 10.4. The molecule has 0 aliphatic carbocycles. The van der Waals surface area contributed by atoms with Crippen molar-refractivity contribution in [1.29, 1.82) is 0 Å². The Morgan fingerprint density at radius 1 is 0.744 bits per heavy atom. The summed E-state index contributed by atoms with van der Waals surface area (Å²) in [5.74, 6) is 0. The van der Waals surface area contributed by atoms with Crippen LogP contribution in [0.25, 0.3) is 44.2 Å². The number of aryl methyl sites for hydroxylation is 3. The average molecular weight is 693 g/mol. The minimum Gasteiger partial charge on any atom is -0.184 e. The number of hydrogen-bond acceptors (Lipinski definition) is 0. The van der Waals surface area contributed by atoms with Crippen LogP contribution in [0.5, 0.6) is 0 Å². The smallest absolute Gasteiger partial charge is 0.0920 e. The molecule has 43 heavy (non-hydrogen) atoms. The zero-order valence-electron chi connectivity index (χ0n) is 24.8. The van der Waals surface area contributed by atoms with Gasteiger partial charge in [-0.05, 0) is 37.0 Å². The molecule has 0 saturated carbocycles. The second kappa shape index (κ2) is 15.4. The molecule has 7 rings (SSSR count). The van der Waals surface area contributed by atoms with Crippen molar-refractivity contribution in [1.82, 2.24) is 0 Å². The Labute approximate surface area is 278 Å². The van der Waals surface area contributed by atoms with Crippen molar-refractivity contribution in [3.05, 3.63) is 138 Å². The van der Waals surface area contributed by atoms with E-state index in [1.54, 1.807) is 0 Å². The molecule has 0 N–H and O–H groups in total. The van der Waals surface area contributed by atoms with Crippen molar-refractivity contribution in [3.8, 4) is 33.4 Å². The van der Waals surface area contributed by atoms with Crippen LogP contribution in [0.1, 0.15) is 36.5 Å². The summed E-state index contributed by atoms with van der Waals surface area (Å²) in [6.45, 7) is 6.64. The van der Waals surface area contributed by atoms with E-state index < -0.39 is 20.8 Å². The molecule has 0 unspecified atom stereocenters. The third kappa shape index (κ3) is 7.73. The first-order chi connectivity index (χ1) is 21.0. The Morgan fingerprint density at radius 3 is 2.19 bits per heavy atom. The van der Waals surface area contributed by atoms with E-state index in [1.165, 1.54) is 84.1 Å². The summed E-state index contributed by atoms with van der Waals surface area (Å²) in [5.41, 5.74) is 12.2. The Balaban J connectivity index is 0.000000190. The Morgan fingerprint density at radius 2 is 1.44 bits per heavy atom. The summed E-state index contributed by atoms with van der Waals surface area (Å²) >= 11 is -0.826. The molecule has 1 aliphatic heterocycles. The number of unbranched alkanes of at least 4 members (excludes halogenated alkanes) is 1. The van der Waals surface area contributed by atoms with E-state index in [4.69, 9.17) is 17.0 Å². The average Bonchev–Trinajstić information content (AvgIpc) is 3.61. The van der Waals surface area contributed by atoms with Gasteiger partial charge in [0.2, 0.25) is 0 Å². The molecule has 0 saturated heterocycles. The minimum atomic E-state index is -0.826. The third-order valence-corrected chi connectivity index (χ3v) is 9.07. The van der Waals surface area contributed by atoms with Gasteiger partial charge in [-0.15, -0.1) is 34.0 Å². The Kier molecular flexibility index (Phi) is 11.4. The van der Waals surface area contributed by atoms with Crippen LogP contribution in [0.15, 0.2) is 115 Å². The molecular weight excluding hydrogens is 659 g/mol. The standard InChI is InChI=1S/C27H27.C12H7Si.2ClH.Zr/c1-4-5-9-21-17-23-12-13-25(22-10-7-6-8-11-22)27(26(23)18-21)24-15-19(2)14-20(3)16-24;1-3-7-11-9(5-1)10-6-2-4-8-12(10)13-11;;;/h6-8,10-18H,4-5,9H2,1-3H3;1-7H;2*1H;/q2*-1;;;+4/p-2. The van der Waals surface area contributed by atoms with Crippen LogP contribution in [0, 0.1) is 19.9 Å². The molecule has 0 amide bonds. The summed E-state index contributed by atoms with van der Waals surface area (Å²) < 4.78 is 0. The predicted molar refractivity (Wildman–Crippen MR) is 186 cm³/mol. The van der Waals surface area contributed by atoms with Crippen LogP contribution < -0.4 is 10.4 Å². The fourth-order valence-electron chi connectivity index (χ4n) is 5.88. The first-order valence-corrected chi connectivity index (χ1v) is 22.0. The molecule has 1 aliphatic rings. The third-order valence-electron chi connectivity index (χ3n) is 7.70. The number of rotatable bonds is 5. The minimum absolute atomic E-state index is 0.795. The molecule has 6 aromatic rings. The van der Waals surface area contributed by atoms with Crippen molar-refractivity contribution in [2.45, 2.75) is 40.0 Å². The number of halogens is 2. The van der Waals surface area contributed by atoms with Gasteiger partial charge >= 0.3 is 37.9 Å². The van der Waals surface area contributed by atoms with E-state index in [0.717, 1.165) is 15.9 Å². The van der Waals surface area contributed by atoms with Gasteiger partial charge in [0, 0.05) is 0 Å². The van der Waals surface area contributed by atoms with Gasteiger partial charge in [0.25, 0.3) is 0 Å². The van der Waals surface area contributed by atoms with Crippen molar-refractivity contribution in [3.63, 3.8) is 0 Å². The zero-order chi connectivity index (χ0) is 30.2. The maximum absolute atomic E-state index is 4.93. The van der Waals surface area contributed by atoms with E-state index in [9.17, 15) is 0 Å². The van der Waals surface area contributed by atoms with Gasteiger partial charge < -0.3 is 0 Å². The van der Waals surface area contributed by atoms with Crippen molar-refractivity contribution < 1.29 is 20.8 Å². The summed E-state index contributed by atoms with van der Waals surface area (Å²) in [7, 11) is 10.7. The summed E-state index contributed by atoms with van der Waals surface area (Å²) in [6.07, 6.45) is 3.65. The van der Waals surface area contributed by atoms with Gasteiger partial charge in [-0.1, -0.05) is 126 Å². The topological polar surface area (TPSA) is 0 Å². The molecule has 1 heterocycles. The van der Waals surface area contributed by atoms with Crippen LogP contribution in [-0.2, 0) is 27.3 Å². The maximum atomic E-state index is 4.93. The molecule has 2 radical (unpaired) electrons. The molecule has 0 atom stereocenters. The Hall–Kier alpha value is -2.61. The van der Waals surface area contributed by atoms with E-state index in [-0.39, 0.29) is 0 Å². The van der Waals surface area contributed by atoms with Gasteiger partial charge in [0.15, 0.2) is 0 Å². The molecule has 0 fully saturated rings. The summed E-state index contributed by atoms with van der Waals surface area (Å²) in [4.78, 5) is 0. The monoisotopic (exact) mass is 690 g/mol.